The molecule has 0 bridgehead atoms. The van der Waals surface area contributed by atoms with E-state index in [0.29, 0.717) is 5.69 Å². The third-order valence-electron chi connectivity index (χ3n) is 3.21. The molecule has 0 radical (unpaired) electrons. The molecular weight excluding hydrogens is 330 g/mol. The van der Waals surface area contributed by atoms with Crippen LogP contribution < -0.4 is 15.5 Å². The van der Waals surface area contributed by atoms with Gasteiger partial charge in [0.2, 0.25) is 0 Å². The number of para-hydroxylation sites is 1. The van der Waals surface area contributed by atoms with Crippen LogP contribution in [0.1, 0.15) is 0 Å². The Morgan fingerprint density at radius 3 is 2.16 bits per heavy atom. The second kappa shape index (κ2) is 7.25. The van der Waals surface area contributed by atoms with Crippen molar-refractivity contribution in [1.82, 2.24) is 0 Å². The van der Waals surface area contributed by atoms with Crippen LogP contribution in [0, 0.1) is 20.2 Å². The number of rotatable bonds is 5. The highest BCUT2D eigenvalue weighted by molar-refractivity contribution is 6.03. The van der Waals surface area contributed by atoms with Gasteiger partial charge in [-0.15, -0.1) is 0 Å². The van der Waals surface area contributed by atoms with Gasteiger partial charge in [0.15, 0.2) is 0 Å². The second-order valence-electron chi connectivity index (χ2n) is 5.21. The molecule has 10 nitrogen and oxygen atoms in total. The minimum absolute atomic E-state index is 0.0423. The zero-order valence-corrected chi connectivity index (χ0v) is 13.4. The van der Waals surface area contributed by atoms with Crippen molar-refractivity contribution in [1.29, 1.82) is 0 Å². The summed E-state index contributed by atoms with van der Waals surface area (Å²) in [6.07, 6.45) is 0. The summed E-state index contributed by atoms with van der Waals surface area (Å²) in [6, 6.07) is 9.78. The second-order valence-corrected chi connectivity index (χ2v) is 5.21. The van der Waals surface area contributed by atoms with Crippen molar-refractivity contribution in [2.24, 2.45) is 0 Å². The van der Waals surface area contributed by atoms with E-state index in [1.807, 2.05) is 0 Å². The third-order valence-corrected chi connectivity index (χ3v) is 3.21. The molecule has 0 unspecified atom stereocenters. The molecule has 0 saturated heterocycles. The molecular formula is C15H15N5O5. The normalized spacial score (nSPS) is 10.0. The quantitative estimate of drug-likeness (QED) is 0.632. The average Bonchev–Trinajstić information content (AvgIpc) is 2.54. The highest BCUT2D eigenvalue weighted by atomic mass is 16.6. The summed E-state index contributed by atoms with van der Waals surface area (Å²) in [4.78, 5) is 34.3. The average molecular weight is 345 g/mol. The molecule has 0 fully saturated rings. The number of non-ortho nitro benzene ring substituents is 1. The lowest BCUT2D eigenvalue weighted by Crippen LogP contribution is -2.22. The molecule has 2 N–H and O–H groups in total. The molecule has 0 saturated carbocycles. The Labute approximate surface area is 142 Å². The first-order chi connectivity index (χ1) is 11.8. The topological polar surface area (TPSA) is 131 Å². The van der Waals surface area contributed by atoms with Crippen molar-refractivity contribution in [3.63, 3.8) is 0 Å². The number of anilines is 3. The van der Waals surface area contributed by atoms with Gasteiger partial charge in [-0.3, -0.25) is 20.2 Å². The van der Waals surface area contributed by atoms with Crippen LogP contribution in [0.3, 0.4) is 0 Å². The summed E-state index contributed by atoms with van der Waals surface area (Å²) >= 11 is 0. The molecule has 130 valence electrons. The van der Waals surface area contributed by atoms with E-state index in [9.17, 15) is 25.0 Å². The minimum atomic E-state index is -0.757. The van der Waals surface area contributed by atoms with E-state index < -0.39 is 27.3 Å². The predicted octanol–water partition coefficient (Wildman–Crippen LogP) is 3.21. The Morgan fingerprint density at radius 2 is 1.64 bits per heavy atom. The van der Waals surface area contributed by atoms with Crippen LogP contribution in [-0.4, -0.2) is 30.0 Å². The smallest absolute Gasteiger partial charge is 0.323 e. The molecule has 2 aromatic rings. The SMILES string of the molecule is CN(C)c1c(NC(=O)Nc2ccccc2)cc([N+](=O)[O-])cc1[N+](=O)[O-]. The van der Waals surface area contributed by atoms with E-state index in [1.54, 1.807) is 30.3 Å². The van der Waals surface area contributed by atoms with E-state index >= 15 is 0 Å². The number of urea groups is 1. The molecule has 0 aliphatic carbocycles. The van der Waals surface area contributed by atoms with E-state index in [4.69, 9.17) is 0 Å². The third kappa shape index (κ3) is 4.19. The lowest BCUT2D eigenvalue weighted by atomic mass is 10.2. The van der Waals surface area contributed by atoms with Crippen LogP contribution in [0.25, 0.3) is 0 Å². The zero-order valence-electron chi connectivity index (χ0n) is 13.4. The number of nitro benzene ring substituents is 2. The minimum Gasteiger partial charge on any atom is -0.370 e. The number of hydrogen-bond donors (Lipinski definition) is 2. The van der Waals surface area contributed by atoms with Gasteiger partial charge >= 0.3 is 11.7 Å². The zero-order chi connectivity index (χ0) is 18.6. The highest BCUT2D eigenvalue weighted by Crippen LogP contribution is 2.38. The summed E-state index contributed by atoms with van der Waals surface area (Å²) < 4.78 is 0. The van der Waals surface area contributed by atoms with Gasteiger partial charge in [0.1, 0.15) is 5.69 Å². The molecule has 0 heterocycles. The van der Waals surface area contributed by atoms with Gasteiger partial charge in [-0.1, -0.05) is 18.2 Å². The van der Waals surface area contributed by atoms with Gasteiger partial charge in [-0.05, 0) is 12.1 Å². The van der Waals surface area contributed by atoms with Crippen LogP contribution in [0.4, 0.5) is 33.2 Å². The summed E-state index contributed by atoms with van der Waals surface area (Å²) in [5.74, 6) is 0. The summed E-state index contributed by atoms with van der Waals surface area (Å²) in [5, 5.41) is 27.3. The lowest BCUT2D eigenvalue weighted by Gasteiger charge is -2.18. The van der Waals surface area contributed by atoms with E-state index in [2.05, 4.69) is 10.6 Å². The number of nitro groups is 2. The molecule has 25 heavy (non-hydrogen) atoms. The van der Waals surface area contributed by atoms with Gasteiger partial charge in [0, 0.05) is 25.8 Å². The van der Waals surface area contributed by atoms with Crippen LogP contribution in [0.15, 0.2) is 42.5 Å². The number of carbonyl (C=O) groups excluding carboxylic acids is 1. The molecule has 0 aromatic heterocycles. The number of amides is 2. The maximum Gasteiger partial charge on any atom is 0.323 e. The number of hydrogen-bond acceptors (Lipinski definition) is 6. The Kier molecular flexibility index (Phi) is 5.12. The molecule has 0 aliphatic rings. The Morgan fingerprint density at radius 1 is 1.00 bits per heavy atom. The van der Waals surface area contributed by atoms with Gasteiger partial charge in [0.25, 0.3) is 5.69 Å². The Hall–Kier alpha value is -3.69. The number of nitrogens with zero attached hydrogens (tertiary/aromatic N) is 3. The fourth-order valence-electron chi connectivity index (χ4n) is 2.22. The summed E-state index contributed by atoms with van der Waals surface area (Å²) in [5.41, 5.74) is -0.453. The van der Waals surface area contributed by atoms with Gasteiger partial charge in [-0.2, -0.15) is 0 Å². The highest BCUT2D eigenvalue weighted by Gasteiger charge is 2.26. The number of nitrogens with one attached hydrogen (secondary N) is 2. The van der Waals surface area contributed by atoms with Crippen molar-refractivity contribution in [3.8, 4) is 0 Å². The number of carbonyl (C=O) groups is 1. The molecule has 0 aliphatic heterocycles. The summed E-state index contributed by atoms with van der Waals surface area (Å²) in [7, 11) is 3.07. The molecule has 10 heteroatoms. The van der Waals surface area contributed by atoms with Gasteiger partial charge in [0.05, 0.1) is 21.6 Å². The Bertz CT molecular complexity index is 823. The number of benzene rings is 2. The van der Waals surface area contributed by atoms with E-state index in [1.165, 1.54) is 19.0 Å². The first-order valence-electron chi connectivity index (χ1n) is 7.07. The van der Waals surface area contributed by atoms with Crippen LogP contribution in [0.5, 0.6) is 0 Å². The van der Waals surface area contributed by atoms with Crippen LogP contribution in [0.2, 0.25) is 0 Å². The van der Waals surface area contributed by atoms with Crippen molar-refractivity contribution >= 4 is 34.5 Å². The molecule has 0 atom stereocenters. The first-order valence-corrected chi connectivity index (χ1v) is 7.07. The summed E-state index contributed by atoms with van der Waals surface area (Å²) in [6.45, 7) is 0. The Balaban J connectivity index is 2.42. The van der Waals surface area contributed by atoms with Gasteiger partial charge in [-0.25, -0.2) is 4.79 Å². The largest absolute Gasteiger partial charge is 0.370 e. The van der Waals surface area contributed by atoms with Crippen LogP contribution >= 0.6 is 0 Å². The maximum atomic E-state index is 12.1. The molecule has 2 aromatic carbocycles. The van der Waals surface area contributed by atoms with Crippen molar-refractivity contribution in [2.75, 3.05) is 29.6 Å². The fourth-order valence-corrected chi connectivity index (χ4v) is 2.22. The lowest BCUT2D eigenvalue weighted by molar-refractivity contribution is -0.393. The van der Waals surface area contributed by atoms with Gasteiger partial charge < -0.3 is 15.5 Å². The van der Waals surface area contributed by atoms with Crippen molar-refractivity contribution in [3.05, 3.63) is 62.7 Å². The molecule has 0 spiro atoms. The van der Waals surface area contributed by atoms with Crippen LogP contribution in [-0.2, 0) is 0 Å². The predicted molar refractivity (Wildman–Crippen MR) is 93.2 cm³/mol. The first kappa shape index (κ1) is 17.7. The fraction of sp³-hybridized carbons (Fsp3) is 0.133. The van der Waals surface area contributed by atoms with Crippen molar-refractivity contribution in [2.45, 2.75) is 0 Å². The molecule has 2 rings (SSSR count). The van der Waals surface area contributed by atoms with Crippen molar-refractivity contribution < 1.29 is 14.6 Å². The van der Waals surface area contributed by atoms with E-state index in [0.717, 1.165) is 12.1 Å². The maximum absolute atomic E-state index is 12.1. The molecule has 2 amide bonds. The van der Waals surface area contributed by atoms with E-state index in [-0.39, 0.29) is 11.4 Å². The monoisotopic (exact) mass is 345 g/mol. The standard InChI is InChI=1S/C15H15N5O5/c1-18(2)14-12(8-11(19(22)23)9-13(14)20(24)25)17-15(21)16-10-6-4-3-5-7-10/h3-9H,1-2H3,(H2,16,17,21).